The molecule has 24 heavy (non-hydrogen) atoms. The summed E-state index contributed by atoms with van der Waals surface area (Å²) in [4.78, 5) is 15.8. The lowest BCUT2D eigenvalue weighted by atomic mass is 9.96. The molecule has 0 unspecified atom stereocenters. The standard InChI is InChI=1S/C15H23FN2O5S/c1-15(2,3)5-4-6-22-14(21)18-13-17-9-11(20)10(19)8(7-16)23-12(9)24-13/h4-5,8-12,19-20H,6-7H2,1-3H3,(H,17,18,21)/t8-,9-,10-,11-,12-/m1/s1. The number of nitrogens with one attached hydrogen (secondary N) is 1. The van der Waals surface area contributed by atoms with E-state index in [2.05, 4.69) is 10.3 Å². The van der Waals surface area contributed by atoms with Crippen LogP contribution in [0.25, 0.3) is 0 Å². The molecule has 3 N–H and O–H groups in total. The third kappa shape index (κ3) is 4.92. The summed E-state index contributed by atoms with van der Waals surface area (Å²) in [5.41, 5.74) is -0.650. The van der Waals surface area contributed by atoms with Gasteiger partial charge in [0, 0.05) is 0 Å². The highest BCUT2D eigenvalue weighted by Crippen LogP contribution is 2.35. The number of amidine groups is 1. The molecule has 1 amide bonds. The van der Waals surface area contributed by atoms with Crippen molar-refractivity contribution in [2.75, 3.05) is 13.3 Å². The average Bonchev–Trinajstić information content (AvgIpc) is 2.89. The van der Waals surface area contributed by atoms with Gasteiger partial charge < -0.3 is 19.7 Å². The predicted octanol–water partition coefficient (Wildman–Crippen LogP) is 1.20. The molecule has 0 aliphatic carbocycles. The number of ether oxygens (including phenoxy) is 2. The number of fused-ring (bicyclic) bond motifs is 1. The number of aliphatic imine (C=N–C) groups is 1. The molecule has 2 rings (SSSR count). The number of halogens is 1. The Morgan fingerprint density at radius 2 is 2.17 bits per heavy atom. The second-order valence-corrected chi connectivity index (χ2v) is 7.80. The summed E-state index contributed by atoms with van der Waals surface area (Å²) in [5, 5.41) is 22.4. The van der Waals surface area contributed by atoms with Crippen LogP contribution >= 0.6 is 11.8 Å². The molecule has 2 aliphatic heterocycles. The number of rotatable bonds is 3. The summed E-state index contributed by atoms with van der Waals surface area (Å²) in [5.74, 6) is 0. The van der Waals surface area contributed by atoms with E-state index in [1.165, 1.54) is 0 Å². The number of thioether (sulfide) groups is 1. The summed E-state index contributed by atoms with van der Waals surface area (Å²) in [7, 11) is 0. The number of hydrogen-bond acceptors (Lipinski definition) is 7. The van der Waals surface area contributed by atoms with Crippen LogP contribution < -0.4 is 5.32 Å². The van der Waals surface area contributed by atoms with Gasteiger partial charge in [0.05, 0.1) is 0 Å². The van der Waals surface area contributed by atoms with Gasteiger partial charge in [0.2, 0.25) is 0 Å². The third-order valence-corrected chi connectivity index (χ3v) is 4.51. The van der Waals surface area contributed by atoms with Crippen molar-refractivity contribution >= 4 is 23.0 Å². The third-order valence-electron chi connectivity index (χ3n) is 3.45. The van der Waals surface area contributed by atoms with E-state index >= 15 is 0 Å². The lowest BCUT2D eigenvalue weighted by Crippen LogP contribution is -2.55. The van der Waals surface area contributed by atoms with Gasteiger partial charge in [0.15, 0.2) is 5.17 Å². The van der Waals surface area contributed by atoms with Crippen molar-refractivity contribution in [1.82, 2.24) is 5.32 Å². The van der Waals surface area contributed by atoms with Gasteiger partial charge in [-0.25, -0.2) is 9.18 Å². The maximum atomic E-state index is 12.8. The van der Waals surface area contributed by atoms with Crippen LogP contribution in [0.15, 0.2) is 17.1 Å². The van der Waals surface area contributed by atoms with Crippen molar-refractivity contribution in [3.05, 3.63) is 12.2 Å². The van der Waals surface area contributed by atoms with E-state index in [1.54, 1.807) is 6.08 Å². The van der Waals surface area contributed by atoms with E-state index in [9.17, 15) is 19.4 Å². The number of carbonyl (C=O) groups excluding carboxylic acids is 1. The minimum absolute atomic E-state index is 0.00217. The van der Waals surface area contributed by atoms with Gasteiger partial charge in [0.1, 0.15) is 43.1 Å². The van der Waals surface area contributed by atoms with E-state index in [0.29, 0.717) is 0 Å². The van der Waals surface area contributed by atoms with Crippen LogP contribution in [-0.2, 0) is 9.47 Å². The van der Waals surface area contributed by atoms with Crippen LogP contribution in [0.3, 0.4) is 0 Å². The second kappa shape index (κ2) is 7.81. The molecule has 0 aromatic carbocycles. The largest absolute Gasteiger partial charge is 0.445 e. The van der Waals surface area contributed by atoms with E-state index in [4.69, 9.17) is 9.47 Å². The Kier molecular flexibility index (Phi) is 6.24. The monoisotopic (exact) mass is 362 g/mol. The smallest absolute Gasteiger partial charge is 0.413 e. The minimum Gasteiger partial charge on any atom is -0.445 e. The summed E-state index contributed by atoms with van der Waals surface area (Å²) >= 11 is 1.05. The molecule has 2 heterocycles. The average molecular weight is 362 g/mol. The molecule has 0 saturated carbocycles. The maximum Gasteiger partial charge on any atom is 0.413 e. The molecule has 0 aromatic heterocycles. The lowest BCUT2D eigenvalue weighted by molar-refractivity contribution is -0.157. The van der Waals surface area contributed by atoms with Crippen molar-refractivity contribution in [1.29, 1.82) is 0 Å². The molecule has 9 heteroatoms. The first-order chi connectivity index (χ1) is 11.2. The molecular weight excluding hydrogens is 339 g/mol. The Morgan fingerprint density at radius 3 is 2.79 bits per heavy atom. The van der Waals surface area contributed by atoms with Crippen LogP contribution in [0.4, 0.5) is 9.18 Å². The Balaban J connectivity index is 1.84. The highest BCUT2D eigenvalue weighted by molar-refractivity contribution is 8.14. The zero-order chi connectivity index (χ0) is 17.9. The Bertz CT molecular complexity index is 522. The lowest BCUT2D eigenvalue weighted by Gasteiger charge is -2.36. The van der Waals surface area contributed by atoms with Gasteiger partial charge in [-0.3, -0.25) is 10.3 Å². The summed E-state index contributed by atoms with van der Waals surface area (Å²) < 4.78 is 23.1. The van der Waals surface area contributed by atoms with Crippen LogP contribution in [0.5, 0.6) is 0 Å². The number of aliphatic hydroxyl groups excluding tert-OH is 2. The van der Waals surface area contributed by atoms with E-state index in [0.717, 1.165) is 11.8 Å². The van der Waals surface area contributed by atoms with Crippen molar-refractivity contribution in [2.45, 2.75) is 50.6 Å². The summed E-state index contributed by atoms with van der Waals surface area (Å²) in [6.45, 7) is 5.29. The maximum absolute atomic E-state index is 12.8. The fourth-order valence-corrected chi connectivity index (χ4v) is 3.37. The number of carbonyl (C=O) groups is 1. The van der Waals surface area contributed by atoms with Crippen LogP contribution in [-0.4, -0.2) is 64.5 Å². The Morgan fingerprint density at radius 1 is 1.46 bits per heavy atom. The summed E-state index contributed by atoms with van der Waals surface area (Å²) in [6.07, 6.45) is -0.706. The molecule has 7 nitrogen and oxygen atoms in total. The molecule has 5 atom stereocenters. The first kappa shape index (κ1) is 19.2. The molecule has 0 spiro atoms. The fraction of sp³-hybridized carbons (Fsp3) is 0.733. The van der Waals surface area contributed by atoms with Crippen molar-refractivity contribution in [2.24, 2.45) is 10.4 Å². The number of hydrogen-bond donors (Lipinski definition) is 3. The zero-order valence-corrected chi connectivity index (χ0v) is 14.6. The predicted molar refractivity (Wildman–Crippen MR) is 88.5 cm³/mol. The SMILES string of the molecule is CC(C)(C)C=CCOC(=O)NC1=N[C@@H]2[C@@H](O)[C@H](O)[C@@H](CF)O[C@@H]2S1. The van der Waals surface area contributed by atoms with Gasteiger partial charge in [0.25, 0.3) is 0 Å². The van der Waals surface area contributed by atoms with E-state index < -0.39 is 42.6 Å². The second-order valence-electron chi connectivity index (χ2n) is 6.71. The fourth-order valence-electron chi connectivity index (χ4n) is 2.27. The van der Waals surface area contributed by atoms with Gasteiger partial charge >= 0.3 is 6.09 Å². The molecule has 1 saturated heterocycles. The quantitative estimate of drug-likeness (QED) is 0.653. The number of alkyl carbamates (subject to hydrolysis) is 1. The molecule has 136 valence electrons. The molecule has 2 aliphatic rings. The van der Waals surface area contributed by atoms with Gasteiger partial charge in [-0.05, 0) is 5.41 Å². The van der Waals surface area contributed by atoms with Crippen LogP contribution in [0.2, 0.25) is 0 Å². The van der Waals surface area contributed by atoms with Gasteiger partial charge in [-0.2, -0.15) is 0 Å². The van der Waals surface area contributed by atoms with Crippen molar-refractivity contribution < 1.29 is 28.9 Å². The summed E-state index contributed by atoms with van der Waals surface area (Å²) in [6, 6.07) is -0.760. The first-order valence-electron chi connectivity index (χ1n) is 7.65. The van der Waals surface area contributed by atoms with E-state index in [1.807, 2.05) is 26.8 Å². The van der Waals surface area contributed by atoms with Gasteiger partial charge in [-0.15, -0.1) is 0 Å². The van der Waals surface area contributed by atoms with Crippen LogP contribution in [0.1, 0.15) is 20.8 Å². The highest BCUT2D eigenvalue weighted by Gasteiger charge is 2.48. The van der Waals surface area contributed by atoms with Crippen LogP contribution in [0, 0.1) is 5.41 Å². The van der Waals surface area contributed by atoms with Crippen molar-refractivity contribution in [3.63, 3.8) is 0 Å². The molecule has 0 radical (unpaired) electrons. The molecule has 1 fully saturated rings. The topological polar surface area (TPSA) is 100 Å². The van der Waals surface area contributed by atoms with E-state index in [-0.39, 0.29) is 17.2 Å². The number of alkyl halides is 1. The Hall–Kier alpha value is -1.16. The number of amides is 1. The highest BCUT2D eigenvalue weighted by atomic mass is 32.2. The molecule has 0 aromatic rings. The minimum atomic E-state index is -1.35. The van der Waals surface area contributed by atoms with Gasteiger partial charge in [-0.1, -0.05) is 44.7 Å². The Labute approximate surface area is 144 Å². The normalized spacial score (nSPS) is 33.2. The van der Waals surface area contributed by atoms with Crippen molar-refractivity contribution in [3.8, 4) is 0 Å². The molecular formula is C15H23FN2O5S. The number of allylic oxidation sites excluding steroid dienone is 1. The first-order valence-corrected chi connectivity index (χ1v) is 8.53. The zero-order valence-electron chi connectivity index (χ0n) is 13.8. The number of aliphatic hydroxyl groups is 2. The number of nitrogens with zero attached hydrogens (tertiary/aromatic N) is 1. The molecule has 0 bridgehead atoms.